The maximum atomic E-state index is 4.67. The van der Waals surface area contributed by atoms with Gasteiger partial charge in [-0.25, -0.2) is 4.98 Å². The van der Waals surface area contributed by atoms with E-state index in [-0.39, 0.29) is 0 Å². The molecule has 94 valence electrons. The Morgan fingerprint density at radius 3 is 2.67 bits per heavy atom. The van der Waals surface area contributed by atoms with Crippen LogP contribution in [0.15, 0.2) is 42.5 Å². The summed E-state index contributed by atoms with van der Waals surface area (Å²) in [5.41, 5.74) is 3.41. The van der Waals surface area contributed by atoms with Crippen molar-refractivity contribution in [3.8, 4) is 0 Å². The molecule has 0 saturated heterocycles. The molecule has 1 heterocycles. The van der Waals surface area contributed by atoms with E-state index in [1.807, 2.05) is 12.1 Å². The number of hydrogen-bond acceptors (Lipinski definition) is 1. The van der Waals surface area contributed by atoms with Crippen molar-refractivity contribution in [1.29, 1.82) is 0 Å². The molecule has 0 bridgehead atoms. The smallest absolute Gasteiger partial charge is 0.136 e. The number of aromatic nitrogens is 2. The fraction of sp³-hybridized carbons (Fsp3) is 0.312. The van der Waals surface area contributed by atoms with Gasteiger partial charge in [0.25, 0.3) is 0 Å². The number of nitrogens with zero attached hydrogens (tertiary/aromatic N) is 2. The molecule has 0 aliphatic rings. The minimum absolute atomic E-state index is 0.578. The van der Waals surface area contributed by atoms with Crippen molar-refractivity contribution in [2.24, 2.45) is 13.0 Å². The van der Waals surface area contributed by atoms with Crippen LogP contribution in [0.5, 0.6) is 0 Å². The van der Waals surface area contributed by atoms with Crippen molar-refractivity contribution >= 4 is 16.6 Å². The Morgan fingerprint density at radius 1 is 1.28 bits per heavy atom. The molecule has 0 aliphatic carbocycles. The van der Waals surface area contributed by atoms with E-state index >= 15 is 0 Å². The molecule has 1 aromatic heterocycles. The standard InChI is InChI=1S/C16H20N2/c1-12(2)8-7-9-13(3)16-17-14-10-5-6-11-15(14)18(16)4/h5-12H,1-4H3/b8-7-,13-9+. The summed E-state index contributed by atoms with van der Waals surface area (Å²) >= 11 is 0. The van der Waals surface area contributed by atoms with Gasteiger partial charge in [0.15, 0.2) is 0 Å². The molecule has 0 aliphatic heterocycles. The molecule has 0 fully saturated rings. The lowest BCUT2D eigenvalue weighted by Gasteiger charge is -2.01. The first-order valence-corrected chi connectivity index (χ1v) is 6.36. The number of benzene rings is 1. The van der Waals surface area contributed by atoms with Crippen LogP contribution in [0.3, 0.4) is 0 Å². The molecule has 0 N–H and O–H groups in total. The van der Waals surface area contributed by atoms with Crippen molar-refractivity contribution in [3.63, 3.8) is 0 Å². The van der Waals surface area contributed by atoms with Gasteiger partial charge in [-0.05, 0) is 30.5 Å². The van der Waals surface area contributed by atoms with Gasteiger partial charge in [-0.1, -0.05) is 44.2 Å². The number of para-hydroxylation sites is 2. The predicted octanol–water partition coefficient (Wildman–Crippen LogP) is 4.19. The number of allylic oxidation sites excluding steroid dienone is 4. The largest absolute Gasteiger partial charge is 0.327 e. The molecule has 2 rings (SSSR count). The number of fused-ring (bicyclic) bond motifs is 1. The summed E-state index contributed by atoms with van der Waals surface area (Å²) in [5, 5.41) is 0. The zero-order valence-electron chi connectivity index (χ0n) is 11.5. The second-order valence-electron chi connectivity index (χ2n) is 4.96. The molecular weight excluding hydrogens is 220 g/mol. The highest BCUT2D eigenvalue weighted by Gasteiger charge is 2.07. The molecule has 0 amide bonds. The van der Waals surface area contributed by atoms with Crippen LogP contribution >= 0.6 is 0 Å². The molecule has 0 saturated carbocycles. The van der Waals surface area contributed by atoms with E-state index in [9.17, 15) is 0 Å². The van der Waals surface area contributed by atoms with Gasteiger partial charge in [0.2, 0.25) is 0 Å². The lowest BCUT2D eigenvalue weighted by molar-refractivity contribution is 0.832. The Morgan fingerprint density at radius 2 is 2.00 bits per heavy atom. The van der Waals surface area contributed by atoms with E-state index in [0.29, 0.717) is 5.92 Å². The van der Waals surface area contributed by atoms with Crippen molar-refractivity contribution < 1.29 is 0 Å². The fourth-order valence-electron chi connectivity index (χ4n) is 1.99. The Labute approximate surface area is 109 Å². The third-order valence-corrected chi connectivity index (χ3v) is 2.98. The minimum atomic E-state index is 0.578. The monoisotopic (exact) mass is 240 g/mol. The first-order chi connectivity index (χ1) is 8.59. The van der Waals surface area contributed by atoms with E-state index < -0.39 is 0 Å². The number of aryl methyl sites for hydroxylation is 1. The summed E-state index contributed by atoms with van der Waals surface area (Å²) < 4.78 is 2.14. The number of rotatable bonds is 3. The van der Waals surface area contributed by atoms with Gasteiger partial charge in [0, 0.05) is 7.05 Å². The van der Waals surface area contributed by atoms with Crippen molar-refractivity contribution in [3.05, 3.63) is 48.3 Å². The van der Waals surface area contributed by atoms with Gasteiger partial charge in [0.05, 0.1) is 11.0 Å². The first kappa shape index (κ1) is 12.6. The highest BCUT2D eigenvalue weighted by Crippen LogP contribution is 2.19. The van der Waals surface area contributed by atoms with E-state index in [4.69, 9.17) is 0 Å². The quantitative estimate of drug-likeness (QED) is 0.736. The topological polar surface area (TPSA) is 17.8 Å². The van der Waals surface area contributed by atoms with Crippen LogP contribution in [0.25, 0.3) is 16.6 Å². The highest BCUT2D eigenvalue weighted by molar-refractivity contribution is 5.79. The lowest BCUT2D eigenvalue weighted by atomic mass is 10.2. The average molecular weight is 240 g/mol. The Kier molecular flexibility index (Phi) is 3.66. The van der Waals surface area contributed by atoms with Gasteiger partial charge in [-0.15, -0.1) is 0 Å². The Bertz CT molecular complexity index is 601. The SMILES string of the molecule is C/C(=C\C=C/C(C)C)c1nc2ccccc2n1C. The maximum absolute atomic E-state index is 4.67. The maximum Gasteiger partial charge on any atom is 0.136 e. The molecule has 2 aromatic rings. The van der Waals surface area contributed by atoms with Gasteiger partial charge in [0.1, 0.15) is 5.82 Å². The normalized spacial score (nSPS) is 13.1. The van der Waals surface area contributed by atoms with E-state index in [1.54, 1.807) is 0 Å². The van der Waals surface area contributed by atoms with Crippen LogP contribution < -0.4 is 0 Å². The van der Waals surface area contributed by atoms with E-state index in [1.165, 1.54) is 11.1 Å². The van der Waals surface area contributed by atoms with Gasteiger partial charge in [-0.2, -0.15) is 0 Å². The van der Waals surface area contributed by atoms with Crippen LogP contribution in [0, 0.1) is 5.92 Å². The molecule has 1 aromatic carbocycles. The molecule has 2 heteroatoms. The minimum Gasteiger partial charge on any atom is -0.327 e. The second-order valence-corrected chi connectivity index (χ2v) is 4.96. The summed E-state index contributed by atoms with van der Waals surface area (Å²) in [7, 11) is 2.06. The second kappa shape index (κ2) is 5.21. The third kappa shape index (κ3) is 2.53. The van der Waals surface area contributed by atoms with Gasteiger partial charge in [-0.3, -0.25) is 0 Å². The zero-order chi connectivity index (χ0) is 13.1. The first-order valence-electron chi connectivity index (χ1n) is 6.36. The van der Waals surface area contributed by atoms with Gasteiger partial charge < -0.3 is 4.57 Å². The lowest BCUT2D eigenvalue weighted by Crippen LogP contribution is -1.94. The predicted molar refractivity (Wildman–Crippen MR) is 78.3 cm³/mol. The molecule has 0 spiro atoms. The summed E-state index contributed by atoms with van der Waals surface area (Å²) in [4.78, 5) is 4.67. The van der Waals surface area contributed by atoms with Crippen LogP contribution in [0.4, 0.5) is 0 Å². The molecule has 0 atom stereocenters. The van der Waals surface area contributed by atoms with Crippen LogP contribution in [-0.2, 0) is 7.05 Å². The van der Waals surface area contributed by atoms with Crippen molar-refractivity contribution in [1.82, 2.24) is 9.55 Å². The summed E-state index contributed by atoms with van der Waals surface area (Å²) in [6.07, 6.45) is 6.42. The van der Waals surface area contributed by atoms with Crippen LogP contribution in [0.2, 0.25) is 0 Å². The van der Waals surface area contributed by atoms with Crippen LogP contribution in [-0.4, -0.2) is 9.55 Å². The molecule has 0 unspecified atom stereocenters. The Hall–Kier alpha value is -1.83. The molecule has 18 heavy (non-hydrogen) atoms. The fourth-order valence-corrected chi connectivity index (χ4v) is 1.99. The number of imidazole rings is 1. The van der Waals surface area contributed by atoms with Crippen molar-refractivity contribution in [2.45, 2.75) is 20.8 Å². The molecule has 0 radical (unpaired) electrons. The van der Waals surface area contributed by atoms with Gasteiger partial charge >= 0.3 is 0 Å². The van der Waals surface area contributed by atoms with E-state index in [2.05, 4.69) is 67.7 Å². The van der Waals surface area contributed by atoms with Crippen LogP contribution in [0.1, 0.15) is 26.6 Å². The molecule has 2 nitrogen and oxygen atoms in total. The van der Waals surface area contributed by atoms with E-state index in [0.717, 1.165) is 11.3 Å². The molecular formula is C16H20N2. The zero-order valence-corrected chi connectivity index (χ0v) is 11.5. The summed E-state index contributed by atoms with van der Waals surface area (Å²) in [5.74, 6) is 1.61. The Balaban J connectivity index is 2.39. The average Bonchev–Trinajstić information content (AvgIpc) is 2.67. The summed E-state index contributed by atoms with van der Waals surface area (Å²) in [6, 6.07) is 8.22. The van der Waals surface area contributed by atoms with Crippen molar-refractivity contribution in [2.75, 3.05) is 0 Å². The number of hydrogen-bond donors (Lipinski definition) is 0. The third-order valence-electron chi connectivity index (χ3n) is 2.98. The highest BCUT2D eigenvalue weighted by atomic mass is 15.1. The summed E-state index contributed by atoms with van der Waals surface area (Å²) in [6.45, 7) is 6.45.